The minimum atomic E-state index is -0.403. The molecular formula is C16H19ClFN3OS2. The maximum absolute atomic E-state index is 14.6. The number of hydrazine groups is 1. The number of fused-ring (bicyclic) bond motifs is 2. The Morgan fingerprint density at radius 1 is 1.42 bits per heavy atom. The fourth-order valence-electron chi connectivity index (χ4n) is 3.39. The first-order chi connectivity index (χ1) is 11.4. The van der Waals surface area contributed by atoms with Crippen LogP contribution in [0.25, 0.3) is 0 Å². The van der Waals surface area contributed by atoms with E-state index in [0.717, 1.165) is 36.7 Å². The molecule has 3 heterocycles. The van der Waals surface area contributed by atoms with Gasteiger partial charge in [-0.05, 0) is 32.8 Å². The summed E-state index contributed by atoms with van der Waals surface area (Å²) < 4.78 is 20.6. The van der Waals surface area contributed by atoms with Gasteiger partial charge in [0, 0.05) is 25.1 Å². The van der Waals surface area contributed by atoms with Gasteiger partial charge in [-0.25, -0.2) is 9.38 Å². The third-order valence-electron chi connectivity index (χ3n) is 4.45. The highest BCUT2D eigenvalue weighted by Crippen LogP contribution is 2.47. The molecule has 2 fully saturated rings. The van der Waals surface area contributed by atoms with E-state index in [0.29, 0.717) is 22.9 Å². The summed E-state index contributed by atoms with van der Waals surface area (Å²) in [4.78, 5) is 4.67. The van der Waals surface area contributed by atoms with Gasteiger partial charge in [0.15, 0.2) is 11.0 Å². The zero-order valence-corrected chi connectivity index (χ0v) is 16.0. The van der Waals surface area contributed by atoms with Gasteiger partial charge >= 0.3 is 0 Å². The minimum absolute atomic E-state index is 0.0279. The van der Waals surface area contributed by atoms with Crippen molar-refractivity contribution >= 4 is 46.8 Å². The van der Waals surface area contributed by atoms with E-state index >= 15 is 0 Å². The zero-order chi connectivity index (χ0) is 17.1. The number of aliphatic imine (C=N–C) groups is 1. The van der Waals surface area contributed by atoms with Crippen molar-refractivity contribution in [2.45, 2.75) is 43.4 Å². The van der Waals surface area contributed by atoms with Crippen LogP contribution in [-0.4, -0.2) is 38.6 Å². The number of benzene rings is 1. The Balaban J connectivity index is 1.77. The van der Waals surface area contributed by atoms with Crippen LogP contribution < -0.4 is 4.74 Å². The van der Waals surface area contributed by atoms with Crippen molar-refractivity contribution in [2.24, 2.45) is 4.99 Å². The molecule has 4 nitrogen and oxygen atoms in total. The predicted molar refractivity (Wildman–Crippen MR) is 99.9 cm³/mol. The summed E-state index contributed by atoms with van der Waals surface area (Å²) in [5.41, 5.74) is 0.695. The molecule has 130 valence electrons. The monoisotopic (exact) mass is 387 g/mol. The van der Waals surface area contributed by atoms with Gasteiger partial charge in [0.25, 0.3) is 0 Å². The standard InChI is InChI=1S/C16H19ClFN3OS2/c1-16(2)8-9-12(11(18)7-10(17)13(9)22-16)19-14-20-5-3-4-6-21(20)15(23)24-14/h7,15,23H,3-6,8H2,1-2H3. The molecule has 3 aliphatic heterocycles. The van der Waals surface area contributed by atoms with Crippen molar-refractivity contribution in [3.63, 3.8) is 0 Å². The van der Waals surface area contributed by atoms with Crippen LogP contribution in [0.5, 0.6) is 5.75 Å². The van der Waals surface area contributed by atoms with E-state index in [1.54, 1.807) is 11.8 Å². The lowest BCUT2D eigenvalue weighted by Crippen LogP contribution is -2.45. The van der Waals surface area contributed by atoms with Crippen molar-refractivity contribution in [1.82, 2.24) is 10.0 Å². The lowest BCUT2D eigenvalue weighted by Gasteiger charge is -2.34. The number of thioether (sulfide) groups is 1. The molecule has 1 atom stereocenters. The van der Waals surface area contributed by atoms with E-state index in [2.05, 4.69) is 27.6 Å². The normalized spacial score (nSPS) is 27.3. The Hall–Kier alpha value is -0.630. The largest absolute Gasteiger partial charge is 0.486 e. The smallest absolute Gasteiger partial charge is 0.181 e. The van der Waals surface area contributed by atoms with E-state index in [-0.39, 0.29) is 4.71 Å². The average molecular weight is 388 g/mol. The number of amidine groups is 1. The molecule has 4 rings (SSSR count). The number of hydrogen-bond donors (Lipinski definition) is 1. The molecular weight excluding hydrogens is 369 g/mol. The Kier molecular flexibility index (Phi) is 4.18. The lowest BCUT2D eigenvalue weighted by atomic mass is 10.0. The Bertz CT molecular complexity index is 728. The number of hydrogen-bond acceptors (Lipinski definition) is 5. The van der Waals surface area contributed by atoms with Crippen LogP contribution in [-0.2, 0) is 6.42 Å². The first kappa shape index (κ1) is 16.8. The fourth-order valence-corrected chi connectivity index (χ4v) is 5.15. The molecule has 0 radical (unpaired) electrons. The van der Waals surface area contributed by atoms with Gasteiger partial charge in [0.2, 0.25) is 0 Å². The van der Waals surface area contributed by atoms with E-state index in [1.807, 2.05) is 13.8 Å². The van der Waals surface area contributed by atoms with Gasteiger partial charge in [-0.1, -0.05) is 23.4 Å². The molecule has 1 aromatic rings. The van der Waals surface area contributed by atoms with Crippen molar-refractivity contribution in [1.29, 1.82) is 0 Å². The summed E-state index contributed by atoms with van der Waals surface area (Å²) in [6.07, 6.45) is 2.84. The molecule has 2 saturated heterocycles. The Morgan fingerprint density at radius 3 is 2.96 bits per heavy atom. The van der Waals surface area contributed by atoms with Crippen molar-refractivity contribution < 1.29 is 9.13 Å². The number of halogens is 2. The fraction of sp³-hybridized carbons (Fsp3) is 0.562. The number of nitrogens with zero attached hydrogens (tertiary/aromatic N) is 3. The molecule has 1 aromatic carbocycles. The molecule has 0 saturated carbocycles. The van der Waals surface area contributed by atoms with Gasteiger partial charge in [0.05, 0.1) is 5.02 Å². The summed E-state index contributed by atoms with van der Waals surface area (Å²) >= 11 is 12.3. The van der Waals surface area contributed by atoms with Crippen molar-refractivity contribution in [3.05, 3.63) is 22.5 Å². The Morgan fingerprint density at radius 2 is 2.17 bits per heavy atom. The molecule has 8 heteroatoms. The lowest BCUT2D eigenvalue weighted by molar-refractivity contribution is 0.0399. The second-order valence-corrected chi connectivity index (χ2v) is 9.16. The van der Waals surface area contributed by atoms with E-state index in [4.69, 9.17) is 16.3 Å². The molecule has 1 unspecified atom stereocenters. The van der Waals surface area contributed by atoms with Crippen LogP contribution in [0.2, 0.25) is 5.02 Å². The maximum atomic E-state index is 14.6. The SMILES string of the molecule is CC1(C)Cc2c(N=C3SC(S)N4CCCCN34)c(F)cc(Cl)c2O1. The maximum Gasteiger partial charge on any atom is 0.181 e. The average Bonchev–Trinajstić information content (AvgIpc) is 3.01. The molecule has 0 N–H and O–H groups in total. The second kappa shape index (κ2) is 5.97. The molecule has 0 aromatic heterocycles. The molecule has 0 spiro atoms. The van der Waals surface area contributed by atoms with Crippen LogP contribution >= 0.6 is 36.0 Å². The van der Waals surface area contributed by atoms with Gasteiger partial charge in [0.1, 0.15) is 21.7 Å². The third-order valence-corrected chi connectivity index (χ3v) is 6.28. The summed E-state index contributed by atoms with van der Waals surface area (Å²) in [6, 6.07) is 1.30. The summed E-state index contributed by atoms with van der Waals surface area (Å²) in [6.45, 7) is 5.79. The van der Waals surface area contributed by atoms with Gasteiger partial charge in [-0.3, -0.25) is 5.01 Å². The van der Waals surface area contributed by atoms with Crippen LogP contribution in [0.15, 0.2) is 11.1 Å². The third kappa shape index (κ3) is 2.79. The van der Waals surface area contributed by atoms with Crippen LogP contribution in [0, 0.1) is 5.82 Å². The van der Waals surface area contributed by atoms with Crippen molar-refractivity contribution in [2.75, 3.05) is 13.1 Å². The van der Waals surface area contributed by atoms with Crippen LogP contribution in [0.3, 0.4) is 0 Å². The minimum Gasteiger partial charge on any atom is -0.486 e. The van der Waals surface area contributed by atoms with Crippen molar-refractivity contribution in [3.8, 4) is 5.75 Å². The van der Waals surface area contributed by atoms with Gasteiger partial charge < -0.3 is 4.74 Å². The first-order valence-electron chi connectivity index (χ1n) is 8.03. The van der Waals surface area contributed by atoms with Crippen LogP contribution in [0.4, 0.5) is 10.1 Å². The molecule has 0 amide bonds. The molecule has 0 bridgehead atoms. The molecule has 0 aliphatic carbocycles. The highest BCUT2D eigenvalue weighted by molar-refractivity contribution is 8.21. The first-order valence-corrected chi connectivity index (χ1v) is 9.80. The highest BCUT2D eigenvalue weighted by Gasteiger charge is 2.39. The number of ether oxygens (including phenoxy) is 1. The van der Waals surface area contributed by atoms with E-state index in [1.165, 1.54) is 6.07 Å². The van der Waals surface area contributed by atoms with E-state index in [9.17, 15) is 4.39 Å². The quantitative estimate of drug-likeness (QED) is 0.720. The van der Waals surface area contributed by atoms with Gasteiger partial charge in [-0.2, -0.15) is 5.01 Å². The predicted octanol–water partition coefficient (Wildman–Crippen LogP) is 4.45. The molecule has 24 heavy (non-hydrogen) atoms. The zero-order valence-electron chi connectivity index (χ0n) is 13.6. The van der Waals surface area contributed by atoms with Crippen LogP contribution in [0.1, 0.15) is 32.3 Å². The summed E-state index contributed by atoms with van der Waals surface area (Å²) in [5.74, 6) is 0.155. The van der Waals surface area contributed by atoms with Gasteiger partial charge in [-0.15, -0.1) is 12.6 Å². The number of rotatable bonds is 1. The Labute approximate surface area is 155 Å². The molecule has 3 aliphatic rings. The summed E-state index contributed by atoms with van der Waals surface area (Å²) in [7, 11) is 0. The van der Waals surface area contributed by atoms with E-state index < -0.39 is 11.4 Å². The topological polar surface area (TPSA) is 28.1 Å². The number of thiol groups is 1. The highest BCUT2D eigenvalue weighted by atomic mass is 35.5. The second-order valence-electron chi connectivity index (χ2n) is 6.87. The summed E-state index contributed by atoms with van der Waals surface area (Å²) in [5, 5.41) is 5.41.